The Morgan fingerprint density at radius 1 is 1.14 bits per heavy atom. The second kappa shape index (κ2) is 10.0. The van der Waals surface area contributed by atoms with E-state index < -0.39 is 0 Å². The van der Waals surface area contributed by atoms with Gasteiger partial charge < -0.3 is 9.47 Å². The third kappa shape index (κ3) is 5.04. The summed E-state index contributed by atoms with van der Waals surface area (Å²) in [6, 6.07) is 12.5. The highest BCUT2D eigenvalue weighted by molar-refractivity contribution is 9.10. The molecule has 0 fully saturated rings. The third-order valence-corrected chi connectivity index (χ3v) is 5.64. The molecule has 1 heterocycles. The summed E-state index contributed by atoms with van der Waals surface area (Å²) in [5, 5.41) is 0. The highest BCUT2D eigenvalue weighted by Gasteiger charge is 2.20. The Bertz CT molecular complexity index is 985. The number of aromatic nitrogens is 2. The molecule has 0 saturated carbocycles. The largest absolute Gasteiger partial charge is 0.331 e. The first-order valence-corrected chi connectivity index (χ1v) is 11.0. The summed E-state index contributed by atoms with van der Waals surface area (Å²) in [5.41, 5.74) is 2.53. The minimum atomic E-state index is -0.372. The van der Waals surface area contributed by atoms with Crippen LogP contribution >= 0.6 is 15.9 Å². The molecule has 0 bridgehead atoms. The van der Waals surface area contributed by atoms with Crippen LogP contribution in [-0.4, -0.2) is 26.9 Å². The number of nitrogens with zero attached hydrogens (tertiary/aromatic N) is 3. The van der Waals surface area contributed by atoms with Crippen LogP contribution in [0.3, 0.4) is 0 Å². The number of unbranched alkanes of at least 4 members (excludes halogenated alkanes) is 2. The second-order valence-electron chi connectivity index (χ2n) is 7.23. The summed E-state index contributed by atoms with van der Waals surface area (Å²) in [4.78, 5) is 19.9. The van der Waals surface area contributed by atoms with Crippen molar-refractivity contribution in [3.63, 3.8) is 0 Å². The fraction of sp³-hybridized carbons (Fsp3) is 0.391. The molecule has 1 aromatic heterocycles. The quantitative estimate of drug-likeness (QED) is 0.383. The number of para-hydroxylation sites is 2. The maximum Gasteiger partial charge on any atom is 0.254 e. The molecule has 0 radical (unpaired) electrons. The van der Waals surface area contributed by atoms with Crippen LogP contribution < -0.4 is 0 Å². The van der Waals surface area contributed by atoms with Crippen LogP contribution in [0.1, 0.15) is 55.7 Å². The Kier molecular flexibility index (Phi) is 7.42. The molecule has 0 N–H and O–H groups in total. The minimum absolute atomic E-state index is 0.103. The van der Waals surface area contributed by atoms with E-state index >= 15 is 0 Å². The van der Waals surface area contributed by atoms with E-state index in [-0.39, 0.29) is 11.7 Å². The molecule has 4 nitrogen and oxygen atoms in total. The number of rotatable bonds is 9. The van der Waals surface area contributed by atoms with Crippen molar-refractivity contribution in [3.8, 4) is 0 Å². The fourth-order valence-corrected chi connectivity index (χ4v) is 3.77. The van der Waals surface area contributed by atoms with Crippen molar-refractivity contribution in [1.82, 2.24) is 14.5 Å². The Labute approximate surface area is 179 Å². The molecule has 0 unspecified atom stereocenters. The van der Waals surface area contributed by atoms with E-state index in [4.69, 9.17) is 4.98 Å². The van der Waals surface area contributed by atoms with E-state index in [9.17, 15) is 9.18 Å². The molecule has 0 aliphatic rings. The first kappa shape index (κ1) is 21.5. The molecule has 2 aromatic carbocycles. The van der Waals surface area contributed by atoms with Crippen LogP contribution in [0.15, 0.2) is 46.9 Å². The topological polar surface area (TPSA) is 38.1 Å². The zero-order chi connectivity index (χ0) is 20.8. The number of carbonyl (C=O) groups excluding carboxylic acids is 1. The lowest BCUT2D eigenvalue weighted by Gasteiger charge is -2.23. The smallest absolute Gasteiger partial charge is 0.254 e. The van der Waals surface area contributed by atoms with E-state index in [2.05, 4.69) is 40.4 Å². The van der Waals surface area contributed by atoms with E-state index in [1.807, 2.05) is 23.1 Å². The van der Waals surface area contributed by atoms with Crippen LogP contribution in [0.2, 0.25) is 0 Å². The zero-order valence-corrected chi connectivity index (χ0v) is 18.6. The Morgan fingerprint density at radius 2 is 1.90 bits per heavy atom. The zero-order valence-electron chi connectivity index (χ0n) is 17.0. The summed E-state index contributed by atoms with van der Waals surface area (Å²) in [6.07, 6.45) is 4.04. The number of hydrogen-bond acceptors (Lipinski definition) is 2. The van der Waals surface area contributed by atoms with Gasteiger partial charge in [0.15, 0.2) is 0 Å². The van der Waals surface area contributed by atoms with Crippen LogP contribution in [0, 0.1) is 5.82 Å². The molecule has 29 heavy (non-hydrogen) atoms. The number of imidazole rings is 1. The van der Waals surface area contributed by atoms with Crippen molar-refractivity contribution >= 4 is 32.9 Å². The summed E-state index contributed by atoms with van der Waals surface area (Å²) >= 11 is 3.18. The van der Waals surface area contributed by atoms with Crippen molar-refractivity contribution in [3.05, 3.63) is 64.1 Å². The number of carbonyl (C=O) groups is 1. The molecule has 1 amide bonds. The van der Waals surface area contributed by atoms with Gasteiger partial charge >= 0.3 is 0 Å². The van der Waals surface area contributed by atoms with E-state index in [0.29, 0.717) is 23.1 Å². The fourth-order valence-electron chi connectivity index (χ4n) is 3.40. The second-order valence-corrected chi connectivity index (χ2v) is 8.09. The van der Waals surface area contributed by atoms with Gasteiger partial charge in [0.2, 0.25) is 0 Å². The van der Waals surface area contributed by atoms with Gasteiger partial charge in [0.25, 0.3) is 5.91 Å². The monoisotopic (exact) mass is 459 g/mol. The van der Waals surface area contributed by atoms with Crippen molar-refractivity contribution in [2.75, 3.05) is 6.54 Å². The first-order valence-electron chi connectivity index (χ1n) is 10.2. The minimum Gasteiger partial charge on any atom is -0.331 e. The molecule has 0 atom stereocenters. The van der Waals surface area contributed by atoms with Gasteiger partial charge in [0, 0.05) is 18.7 Å². The molecule has 6 heteroatoms. The average molecular weight is 460 g/mol. The highest BCUT2D eigenvalue weighted by Crippen LogP contribution is 2.21. The predicted molar refractivity (Wildman–Crippen MR) is 118 cm³/mol. The molecule has 3 aromatic rings. The molecule has 0 aliphatic carbocycles. The molecule has 0 saturated heterocycles. The Balaban J connectivity index is 1.93. The van der Waals surface area contributed by atoms with Crippen LogP contribution in [0.25, 0.3) is 11.0 Å². The van der Waals surface area contributed by atoms with Gasteiger partial charge in [0.05, 0.1) is 22.1 Å². The van der Waals surface area contributed by atoms with Crippen LogP contribution in [0.4, 0.5) is 4.39 Å². The predicted octanol–water partition coefficient (Wildman–Crippen LogP) is 6.18. The van der Waals surface area contributed by atoms with Gasteiger partial charge in [-0.15, -0.1) is 0 Å². The summed E-state index contributed by atoms with van der Waals surface area (Å²) in [6.45, 7) is 6.23. The summed E-state index contributed by atoms with van der Waals surface area (Å²) in [7, 11) is 0. The van der Waals surface area contributed by atoms with Crippen LogP contribution in [0.5, 0.6) is 0 Å². The number of hydrogen-bond donors (Lipinski definition) is 0. The van der Waals surface area contributed by atoms with Gasteiger partial charge in [0.1, 0.15) is 11.6 Å². The number of amides is 1. The number of fused-ring (bicyclic) bond motifs is 1. The average Bonchev–Trinajstić information content (AvgIpc) is 3.08. The summed E-state index contributed by atoms with van der Waals surface area (Å²) < 4.78 is 16.1. The van der Waals surface area contributed by atoms with Gasteiger partial charge in [-0.1, -0.05) is 38.8 Å². The Morgan fingerprint density at radius 3 is 2.62 bits per heavy atom. The van der Waals surface area contributed by atoms with E-state index in [0.717, 1.165) is 49.1 Å². The highest BCUT2D eigenvalue weighted by atomic mass is 79.9. The molecule has 0 spiro atoms. The van der Waals surface area contributed by atoms with Gasteiger partial charge in [-0.3, -0.25) is 4.79 Å². The number of aryl methyl sites for hydroxylation is 1. The molecular formula is C23H27BrFN3O. The summed E-state index contributed by atoms with van der Waals surface area (Å²) in [5.74, 6) is 0.418. The van der Waals surface area contributed by atoms with Crippen LogP contribution in [-0.2, 0) is 13.1 Å². The Hall–Kier alpha value is -2.21. The molecule has 0 aliphatic heterocycles. The maximum atomic E-state index is 13.6. The van der Waals surface area contributed by atoms with E-state index in [1.54, 1.807) is 12.1 Å². The molecule has 3 rings (SSSR count). The lowest BCUT2D eigenvalue weighted by molar-refractivity contribution is 0.0734. The van der Waals surface area contributed by atoms with Gasteiger partial charge in [-0.05, 0) is 59.1 Å². The molecule has 154 valence electrons. The normalized spacial score (nSPS) is 11.2. The standard InChI is InChI=1S/C23H27BrFN3O/c1-3-5-13-27(23(29)17-11-12-19(25)18(24)15-17)16-22-26-20-9-7-8-10-21(20)28(22)14-6-4-2/h7-12,15H,3-6,13-14,16H2,1-2H3. The maximum absolute atomic E-state index is 13.6. The number of halogens is 2. The lowest BCUT2D eigenvalue weighted by atomic mass is 10.2. The number of benzene rings is 2. The van der Waals surface area contributed by atoms with Crippen molar-refractivity contribution in [2.24, 2.45) is 0 Å². The first-order chi connectivity index (χ1) is 14.0. The third-order valence-electron chi connectivity index (χ3n) is 5.04. The molecular weight excluding hydrogens is 433 g/mol. The van der Waals surface area contributed by atoms with Crippen molar-refractivity contribution in [1.29, 1.82) is 0 Å². The van der Waals surface area contributed by atoms with Gasteiger partial charge in [-0.25, -0.2) is 9.37 Å². The lowest BCUT2D eigenvalue weighted by Crippen LogP contribution is -2.32. The van der Waals surface area contributed by atoms with Crippen molar-refractivity contribution < 1.29 is 9.18 Å². The van der Waals surface area contributed by atoms with E-state index in [1.165, 1.54) is 6.07 Å². The van der Waals surface area contributed by atoms with Gasteiger partial charge in [-0.2, -0.15) is 0 Å². The SMILES string of the molecule is CCCCN(Cc1nc2ccccc2n1CCCC)C(=O)c1ccc(F)c(Br)c1. The van der Waals surface area contributed by atoms with Crippen molar-refractivity contribution in [2.45, 2.75) is 52.6 Å².